The van der Waals surface area contributed by atoms with Gasteiger partial charge in [-0.25, -0.2) is 4.98 Å². The molecule has 0 N–H and O–H groups in total. The van der Waals surface area contributed by atoms with Crippen LogP contribution in [-0.2, 0) is 0 Å². The van der Waals surface area contributed by atoms with Gasteiger partial charge in [0.05, 0.1) is 32.5 Å². The molecule has 0 saturated heterocycles. The monoisotopic (exact) mass is 669 g/mol. The van der Waals surface area contributed by atoms with E-state index >= 15 is 0 Å². The van der Waals surface area contributed by atoms with Crippen LogP contribution in [0.3, 0.4) is 0 Å². The van der Waals surface area contributed by atoms with Crippen LogP contribution in [0.2, 0.25) is 0 Å². The zero-order chi connectivity index (χ0) is 33.5. The van der Waals surface area contributed by atoms with Gasteiger partial charge in [-0.1, -0.05) is 127 Å². The molecular weight excluding hydrogens is 643 g/mol. The van der Waals surface area contributed by atoms with Crippen LogP contribution in [0.5, 0.6) is 0 Å². The predicted molar refractivity (Wildman–Crippen MR) is 212 cm³/mol. The second-order valence-electron chi connectivity index (χ2n) is 12.9. The molecule has 0 saturated carbocycles. The van der Waals surface area contributed by atoms with Crippen LogP contribution >= 0.6 is 11.3 Å². The van der Waals surface area contributed by atoms with Gasteiger partial charge in [0.1, 0.15) is 0 Å². The lowest BCUT2D eigenvalue weighted by molar-refractivity contribution is 0.953. The molecule has 51 heavy (non-hydrogen) atoms. The molecule has 0 amide bonds. The third kappa shape index (κ3) is 4.24. The van der Waals surface area contributed by atoms with E-state index in [1.165, 1.54) is 42.1 Å². The summed E-state index contributed by atoms with van der Waals surface area (Å²) in [6.45, 7) is 0. The van der Waals surface area contributed by atoms with Gasteiger partial charge >= 0.3 is 0 Å². The summed E-state index contributed by atoms with van der Waals surface area (Å²) in [6, 6.07) is 57.8. The van der Waals surface area contributed by atoms with Gasteiger partial charge in [-0.05, 0) is 36.4 Å². The molecule has 0 aliphatic heterocycles. The van der Waals surface area contributed by atoms with Crippen molar-refractivity contribution in [2.24, 2.45) is 0 Å². The Morgan fingerprint density at radius 1 is 0.373 bits per heavy atom. The first kappa shape index (κ1) is 28.2. The van der Waals surface area contributed by atoms with Gasteiger partial charge in [-0.2, -0.15) is 9.97 Å². The molecule has 0 bridgehead atoms. The summed E-state index contributed by atoms with van der Waals surface area (Å²) in [5.41, 5.74) is 7.47. The van der Waals surface area contributed by atoms with Crippen LogP contribution in [0.4, 0.5) is 0 Å². The number of nitrogens with zero attached hydrogens (tertiary/aromatic N) is 5. The summed E-state index contributed by atoms with van der Waals surface area (Å²) in [4.78, 5) is 15.3. The van der Waals surface area contributed by atoms with E-state index in [0.29, 0.717) is 17.6 Å². The van der Waals surface area contributed by atoms with Crippen molar-refractivity contribution in [2.45, 2.75) is 0 Å². The van der Waals surface area contributed by atoms with Crippen LogP contribution in [-0.4, -0.2) is 24.1 Å². The lowest BCUT2D eigenvalue weighted by Gasteiger charge is -2.12. The Bertz CT molecular complexity index is 3080. The number of benzene rings is 7. The summed E-state index contributed by atoms with van der Waals surface area (Å²) in [5.74, 6) is 1.86. The summed E-state index contributed by atoms with van der Waals surface area (Å²) in [6.07, 6.45) is 0. The third-order valence-electron chi connectivity index (χ3n) is 9.98. The van der Waals surface area contributed by atoms with Gasteiger partial charge < -0.3 is 4.57 Å². The van der Waals surface area contributed by atoms with Gasteiger partial charge in [0.25, 0.3) is 0 Å². The van der Waals surface area contributed by atoms with Crippen LogP contribution in [0.1, 0.15) is 0 Å². The Morgan fingerprint density at radius 3 is 1.57 bits per heavy atom. The third-order valence-corrected chi connectivity index (χ3v) is 11.2. The molecule has 238 valence electrons. The summed E-state index contributed by atoms with van der Waals surface area (Å²) in [7, 11) is 0. The second-order valence-corrected chi connectivity index (χ2v) is 13.9. The predicted octanol–water partition coefficient (Wildman–Crippen LogP) is 11.8. The van der Waals surface area contributed by atoms with E-state index in [4.69, 9.17) is 15.0 Å². The van der Waals surface area contributed by atoms with Crippen LogP contribution in [0.15, 0.2) is 164 Å². The van der Waals surface area contributed by atoms with Crippen molar-refractivity contribution in [1.82, 2.24) is 24.1 Å². The van der Waals surface area contributed by atoms with E-state index in [-0.39, 0.29) is 0 Å². The maximum atomic E-state index is 5.18. The minimum atomic E-state index is 0.586. The average Bonchev–Trinajstić information content (AvgIpc) is 3.85. The molecule has 11 rings (SSSR count). The molecular formula is C45H27N5S. The largest absolute Gasteiger partial charge is 0.308 e. The van der Waals surface area contributed by atoms with Crippen LogP contribution < -0.4 is 0 Å². The van der Waals surface area contributed by atoms with Crippen molar-refractivity contribution in [3.05, 3.63) is 164 Å². The minimum absolute atomic E-state index is 0.586. The Morgan fingerprint density at radius 2 is 0.902 bits per heavy atom. The maximum Gasteiger partial charge on any atom is 0.238 e. The van der Waals surface area contributed by atoms with Crippen molar-refractivity contribution in [3.8, 4) is 34.4 Å². The van der Waals surface area contributed by atoms with Crippen molar-refractivity contribution in [2.75, 3.05) is 0 Å². The second kappa shape index (κ2) is 10.9. The molecule has 0 unspecified atom stereocenters. The molecule has 4 heterocycles. The highest BCUT2D eigenvalue weighted by molar-refractivity contribution is 7.26. The number of thiophene rings is 1. The molecule has 11 aromatic rings. The van der Waals surface area contributed by atoms with E-state index in [1.807, 2.05) is 47.7 Å². The first-order valence-electron chi connectivity index (χ1n) is 17.0. The molecule has 0 spiro atoms. The van der Waals surface area contributed by atoms with Crippen molar-refractivity contribution >= 4 is 75.1 Å². The smallest absolute Gasteiger partial charge is 0.238 e. The number of aromatic nitrogens is 5. The molecule has 0 fully saturated rings. The molecule has 0 aliphatic carbocycles. The van der Waals surface area contributed by atoms with Gasteiger partial charge in [-0.15, -0.1) is 11.3 Å². The normalized spacial score (nSPS) is 11.9. The van der Waals surface area contributed by atoms with Gasteiger partial charge in [0.15, 0.2) is 11.6 Å². The number of fused-ring (bicyclic) bond motifs is 9. The summed E-state index contributed by atoms with van der Waals surface area (Å²) < 4.78 is 7.23. The molecule has 6 heteroatoms. The first-order valence-corrected chi connectivity index (χ1v) is 17.9. The number of rotatable bonds is 4. The standard InChI is InChI=1S/C45H27N5S/c1-3-14-28(15-4-1)43-46-44(29-16-5-2-6-17-29)48-45(47-43)50-37-23-11-8-19-31(37)35-26-34-30-18-7-10-22-36(30)49(39(34)27-40(35)50)38-24-13-21-33-32-20-9-12-25-41(32)51-42(33)38/h1-27H. The lowest BCUT2D eigenvalue weighted by atomic mass is 10.1. The quantitative estimate of drug-likeness (QED) is 0.187. The highest BCUT2D eigenvalue weighted by atomic mass is 32.1. The maximum absolute atomic E-state index is 5.18. The van der Waals surface area contributed by atoms with Gasteiger partial charge in [-0.3, -0.25) is 4.57 Å². The van der Waals surface area contributed by atoms with Gasteiger partial charge in [0, 0.05) is 48.1 Å². The number of para-hydroxylation sites is 2. The molecule has 0 aliphatic rings. The SMILES string of the molecule is c1ccc(-c2nc(-c3ccccc3)nc(-n3c4ccccc4c4cc5c6ccccc6n(-c6cccc7c6sc6ccccc67)c5cc43)n2)cc1. The van der Waals surface area contributed by atoms with E-state index in [2.05, 4.69) is 137 Å². The lowest BCUT2D eigenvalue weighted by Crippen LogP contribution is -2.06. The average molecular weight is 670 g/mol. The zero-order valence-electron chi connectivity index (χ0n) is 27.2. The zero-order valence-corrected chi connectivity index (χ0v) is 28.0. The highest BCUT2D eigenvalue weighted by Gasteiger charge is 2.22. The summed E-state index contributed by atoms with van der Waals surface area (Å²) >= 11 is 1.86. The topological polar surface area (TPSA) is 48.5 Å². The first-order chi connectivity index (χ1) is 25.3. The van der Waals surface area contributed by atoms with E-state index in [1.54, 1.807) is 0 Å². The fraction of sp³-hybridized carbons (Fsp3) is 0. The number of hydrogen-bond donors (Lipinski definition) is 0. The van der Waals surface area contributed by atoms with Crippen molar-refractivity contribution in [3.63, 3.8) is 0 Å². The van der Waals surface area contributed by atoms with E-state index < -0.39 is 0 Å². The molecule has 4 aromatic heterocycles. The van der Waals surface area contributed by atoms with Crippen LogP contribution in [0, 0.1) is 0 Å². The van der Waals surface area contributed by atoms with Crippen LogP contribution in [0.25, 0.3) is 98.2 Å². The fourth-order valence-corrected chi connectivity index (χ4v) is 8.92. The van der Waals surface area contributed by atoms with Gasteiger partial charge in [0.2, 0.25) is 5.95 Å². The molecule has 0 radical (unpaired) electrons. The van der Waals surface area contributed by atoms with E-state index in [0.717, 1.165) is 38.4 Å². The fourth-order valence-electron chi connectivity index (χ4n) is 7.71. The Balaban J connectivity index is 1.26. The Hall–Kier alpha value is -6.63. The molecule has 0 atom stereocenters. The molecule has 7 aromatic carbocycles. The van der Waals surface area contributed by atoms with Crippen molar-refractivity contribution in [1.29, 1.82) is 0 Å². The van der Waals surface area contributed by atoms with Crippen molar-refractivity contribution < 1.29 is 0 Å². The summed E-state index contributed by atoms with van der Waals surface area (Å²) in [5, 5.41) is 7.32. The Kier molecular flexibility index (Phi) is 6.05. The molecule has 5 nitrogen and oxygen atoms in total. The highest BCUT2D eigenvalue weighted by Crippen LogP contribution is 2.43. The minimum Gasteiger partial charge on any atom is -0.308 e. The Labute approximate surface area is 296 Å². The van der Waals surface area contributed by atoms with E-state index in [9.17, 15) is 0 Å². The number of hydrogen-bond acceptors (Lipinski definition) is 4.